The van der Waals surface area contributed by atoms with Crippen molar-refractivity contribution in [3.05, 3.63) is 0 Å². The lowest BCUT2D eigenvalue weighted by atomic mass is 10.0. The van der Waals surface area contributed by atoms with Crippen molar-refractivity contribution in [1.29, 1.82) is 0 Å². The lowest BCUT2D eigenvalue weighted by Gasteiger charge is -2.35. The molecule has 0 radical (unpaired) electrons. The first-order valence-electron chi connectivity index (χ1n) is 8.16. The number of carbonyl (C=O) groups excluding carboxylic acids is 1. The number of rotatable bonds is 3. The van der Waals surface area contributed by atoms with Crippen molar-refractivity contribution < 1.29 is 14.3 Å². The number of likely N-dealkylation sites (tertiary alicyclic amines) is 1. The van der Waals surface area contributed by atoms with Gasteiger partial charge in [-0.15, -0.1) is 0 Å². The van der Waals surface area contributed by atoms with Crippen LogP contribution in [-0.4, -0.2) is 55.0 Å². The van der Waals surface area contributed by atoms with Gasteiger partial charge in [-0.05, 0) is 52.9 Å². The minimum absolute atomic E-state index is 0.184. The highest BCUT2D eigenvalue weighted by Gasteiger charge is 2.31. The normalized spacial score (nSPS) is 27.9. The predicted molar refractivity (Wildman–Crippen MR) is 82.4 cm³/mol. The lowest BCUT2D eigenvalue weighted by Crippen LogP contribution is -2.50. The molecule has 0 aromatic heterocycles. The van der Waals surface area contributed by atoms with Crippen LogP contribution in [0.3, 0.4) is 0 Å². The van der Waals surface area contributed by atoms with Crippen molar-refractivity contribution in [3.63, 3.8) is 0 Å². The third-order valence-corrected chi connectivity index (χ3v) is 4.35. The van der Waals surface area contributed by atoms with Crippen LogP contribution in [0.15, 0.2) is 0 Å². The highest BCUT2D eigenvalue weighted by molar-refractivity contribution is 5.68. The van der Waals surface area contributed by atoms with E-state index in [2.05, 4.69) is 5.32 Å². The highest BCUT2D eigenvalue weighted by Crippen LogP contribution is 2.24. The van der Waals surface area contributed by atoms with Gasteiger partial charge in [0.2, 0.25) is 0 Å². The summed E-state index contributed by atoms with van der Waals surface area (Å²) in [5, 5.41) is 3.72. The molecular weight excluding hydrogens is 268 g/mol. The van der Waals surface area contributed by atoms with Gasteiger partial charge < -0.3 is 19.7 Å². The Morgan fingerprint density at radius 1 is 1.14 bits per heavy atom. The van der Waals surface area contributed by atoms with Crippen LogP contribution in [0.1, 0.15) is 52.9 Å². The van der Waals surface area contributed by atoms with Crippen molar-refractivity contribution >= 4 is 6.09 Å². The number of amides is 1. The molecule has 2 unspecified atom stereocenters. The summed E-state index contributed by atoms with van der Waals surface area (Å²) >= 11 is 0. The Labute approximate surface area is 128 Å². The lowest BCUT2D eigenvalue weighted by molar-refractivity contribution is 0.0184. The standard InChI is InChI=1S/C16H30N2O3/c1-16(2,3)21-15(19)18-10-8-12(9-11-18)17-13-6-5-7-14(13)20-4/h12-14,17H,5-11H2,1-4H3. The van der Waals surface area contributed by atoms with E-state index < -0.39 is 5.60 Å². The highest BCUT2D eigenvalue weighted by atomic mass is 16.6. The van der Waals surface area contributed by atoms with Gasteiger partial charge in [0.25, 0.3) is 0 Å². The molecule has 1 amide bonds. The molecule has 2 atom stereocenters. The zero-order valence-electron chi connectivity index (χ0n) is 13.9. The van der Waals surface area contributed by atoms with Crippen molar-refractivity contribution in [2.45, 2.75) is 76.7 Å². The SMILES string of the molecule is COC1CCCC1NC1CCN(C(=O)OC(C)(C)C)CC1. The number of carbonyl (C=O) groups is 1. The van der Waals surface area contributed by atoms with Crippen molar-refractivity contribution in [2.75, 3.05) is 20.2 Å². The maximum Gasteiger partial charge on any atom is 0.410 e. The van der Waals surface area contributed by atoms with Crippen molar-refractivity contribution in [2.24, 2.45) is 0 Å². The quantitative estimate of drug-likeness (QED) is 0.870. The summed E-state index contributed by atoms with van der Waals surface area (Å²) in [7, 11) is 1.80. The van der Waals surface area contributed by atoms with E-state index in [0.29, 0.717) is 18.2 Å². The summed E-state index contributed by atoms with van der Waals surface area (Å²) in [4.78, 5) is 13.9. The maximum atomic E-state index is 12.0. The van der Waals surface area contributed by atoms with Crippen LogP contribution < -0.4 is 5.32 Å². The van der Waals surface area contributed by atoms with Gasteiger partial charge in [0.15, 0.2) is 0 Å². The van der Waals surface area contributed by atoms with Crippen LogP contribution in [0.25, 0.3) is 0 Å². The van der Waals surface area contributed by atoms with Crippen LogP contribution in [0.5, 0.6) is 0 Å². The number of nitrogens with one attached hydrogen (secondary N) is 1. The Kier molecular flexibility index (Phi) is 5.49. The average Bonchev–Trinajstić information content (AvgIpc) is 2.85. The molecule has 1 saturated carbocycles. The summed E-state index contributed by atoms with van der Waals surface area (Å²) < 4.78 is 11.0. The molecule has 1 aliphatic carbocycles. The predicted octanol–water partition coefficient (Wildman–Crippen LogP) is 2.54. The first-order chi connectivity index (χ1) is 9.89. The second kappa shape index (κ2) is 6.97. The third kappa shape index (κ3) is 4.85. The molecule has 2 rings (SSSR count). The molecule has 1 N–H and O–H groups in total. The summed E-state index contributed by atoms with van der Waals surface area (Å²) in [6, 6.07) is 0.970. The van der Waals surface area contributed by atoms with Crippen molar-refractivity contribution in [3.8, 4) is 0 Å². The topological polar surface area (TPSA) is 50.8 Å². The minimum Gasteiger partial charge on any atom is -0.444 e. The molecule has 1 heterocycles. The number of ether oxygens (including phenoxy) is 2. The fraction of sp³-hybridized carbons (Fsp3) is 0.938. The number of nitrogens with zero attached hydrogens (tertiary/aromatic N) is 1. The first kappa shape index (κ1) is 16.6. The summed E-state index contributed by atoms with van der Waals surface area (Å²) in [5.74, 6) is 0. The molecule has 0 bridgehead atoms. The van der Waals surface area contributed by atoms with Crippen LogP contribution in [0.4, 0.5) is 4.79 Å². The maximum absolute atomic E-state index is 12.0. The smallest absolute Gasteiger partial charge is 0.410 e. The Morgan fingerprint density at radius 2 is 1.81 bits per heavy atom. The molecule has 0 aromatic rings. The van der Waals surface area contributed by atoms with E-state index >= 15 is 0 Å². The van der Waals surface area contributed by atoms with Crippen LogP contribution in [0, 0.1) is 0 Å². The van der Waals surface area contributed by atoms with Gasteiger partial charge in [0.05, 0.1) is 6.10 Å². The Balaban J connectivity index is 1.74. The van der Waals surface area contributed by atoms with Gasteiger partial charge in [0.1, 0.15) is 5.60 Å². The molecule has 21 heavy (non-hydrogen) atoms. The molecule has 1 aliphatic heterocycles. The third-order valence-electron chi connectivity index (χ3n) is 4.35. The number of piperidine rings is 1. The summed E-state index contributed by atoms with van der Waals surface area (Å²) in [6.45, 7) is 7.27. The number of hydrogen-bond donors (Lipinski definition) is 1. The zero-order valence-corrected chi connectivity index (χ0v) is 13.9. The molecule has 5 heteroatoms. The Morgan fingerprint density at radius 3 is 2.38 bits per heavy atom. The van der Waals surface area contributed by atoms with E-state index in [0.717, 1.165) is 32.4 Å². The van der Waals surface area contributed by atoms with Gasteiger partial charge in [0, 0.05) is 32.3 Å². The first-order valence-corrected chi connectivity index (χ1v) is 8.16. The van der Waals surface area contributed by atoms with Gasteiger partial charge in [-0.2, -0.15) is 0 Å². The molecule has 0 spiro atoms. The van der Waals surface area contributed by atoms with E-state index in [4.69, 9.17) is 9.47 Å². The fourth-order valence-electron chi connectivity index (χ4n) is 3.26. The van der Waals surface area contributed by atoms with Crippen LogP contribution in [-0.2, 0) is 9.47 Å². The Hall–Kier alpha value is -0.810. The van der Waals surface area contributed by atoms with E-state index in [1.54, 1.807) is 7.11 Å². The van der Waals surface area contributed by atoms with Gasteiger partial charge in [-0.3, -0.25) is 0 Å². The monoisotopic (exact) mass is 298 g/mol. The molecule has 2 aliphatic rings. The van der Waals surface area contributed by atoms with E-state index in [-0.39, 0.29) is 6.09 Å². The van der Waals surface area contributed by atoms with Crippen LogP contribution in [0.2, 0.25) is 0 Å². The van der Waals surface area contributed by atoms with Crippen LogP contribution >= 0.6 is 0 Å². The molecule has 122 valence electrons. The number of methoxy groups -OCH3 is 1. The van der Waals surface area contributed by atoms with E-state index in [9.17, 15) is 4.79 Å². The molecule has 5 nitrogen and oxygen atoms in total. The van der Waals surface area contributed by atoms with E-state index in [1.165, 1.54) is 12.8 Å². The molecule has 0 aromatic carbocycles. The molecular formula is C16H30N2O3. The Bertz CT molecular complexity index is 346. The van der Waals surface area contributed by atoms with Gasteiger partial charge >= 0.3 is 6.09 Å². The summed E-state index contributed by atoms with van der Waals surface area (Å²) in [5.41, 5.74) is -0.415. The van der Waals surface area contributed by atoms with E-state index in [1.807, 2.05) is 25.7 Å². The zero-order chi connectivity index (χ0) is 15.5. The number of hydrogen-bond acceptors (Lipinski definition) is 4. The van der Waals surface area contributed by atoms with Gasteiger partial charge in [-0.1, -0.05) is 0 Å². The second-order valence-electron chi connectivity index (χ2n) is 7.22. The fourth-order valence-corrected chi connectivity index (χ4v) is 3.26. The molecule has 1 saturated heterocycles. The largest absolute Gasteiger partial charge is 0.444 e. The minimum atomic E-state index is -0.415. The summed E-state index contributed by atoms with van der Waals surface area (Å²) in [6.07, 6.45) is 5.76. The second-order valence-corrected chi connectivity index (χ2v) is 7.22. The average molecular weight is 298 g/mol. The van der Waals surface area contributed by atoms with Gasteiger partial charge in [-0.25, -0.2) is 4.79 Å². The molecule has 2 fully saturated rings. The van der Waals surface area contributed by atoms with Crippen molar-refractivity contribution in [1.82, 2.24) is 10.2 Å².